The van der Waals surface area contributed by atoms with Gasteiger partial charge < -0.3 is 9.80 Å². The number of likely N-dealkylation sites (tertiary alicyclic amines) is 1. The second-order valence-electron chi connectivity index (χ2n) is 6.18. The van der Waals surface area contributed by atoms with Gasteiger partial charge in [-0.05, 0) is 36.6 Å². The van der Waals surface area contributed by atoms with Crippen LogP contribution in [0, 0.1) is 10.1 Å². The van der Waals surface area contributed by atoms with Crippen molar-refractivity contribution in [2.45, 2.75) is 19.4 Å². The Bertz CT molecular complexity index is 773. The van der Waals surface area contributed by atoms with E-state index in [1.165, 1.54) is 6.07 Å². The van der Waals surface area contributed by atoms with Crippen molar-refractivity contribution in [3.8, 4) is 0 Å². The standard InChI is InChI=1S/C18H20N4O3/c1-20(13-14-5-4-8-19-12-14)15-6-7-17(22(24)25)16(11-15)18(23)21-9-2-3-10-21/h4-8,11-12H,2-3,9-10,13H2,1H3. The van der Waals surface area contributed by atoms with Gasteiger partial charge in [0.15, 0.2) is 0 Å². The summed E-state index contributed by atoms with van der Waals surface area (Å²) in [6, 6.07) is 8.54. The average Bonchev–Trinajstić information content (AvgIpc) is 3.16. The van der Waals surface area contributed by atoms with Crippen LogP contribution in [0.2, 0.25) is 0 Å². The summed E-state index contributed by atoms with van der Waals surface area (Å²) in [6.07, 6.45) is 5.38. The Hall–Kier alpha value is -2.96. The molecule has 0 spiro atoms. The van der Waals surface area contributed by atoms with Gasteiger partial charge in [0.05, 0.1) is 4.92 Å². The zero-order valence-electron chi connectivity index (χ0n) is 14.1. The van der Waals surface area contributed by atoms with Crippen LogP contribution < -0.4 is 4.90 Å². The van der Waals surface area contributed by atoms with Crippen molar-refractivity contribution >= 4 is 17.3 Å². The number of nitro groups is 1. The third-order valence-electron chi connectivity index (χ3n) is 4.38. The van der Waals surface area contributed by atoms with E-state index in [0.717, 1.165) is 24.1 Å². The van der Waals surface area contributed by atoms with Crippen molar-refractivity contribution in [3.05, 3.63) is 64.0 Å². The third kappa shape index (κ3) is 3.76. The van der Waals surface area contributed by atoms with E-state index < -0.39 is 4.92 Å². The van der Waals surface area contributed by atoms with E-state index in [4.69, 9.17) is 0 Å². The van der Waals surface area contributed by atoms with E-state index in [2.05, 4.69) is 4.98 Å². The van der Waals surface area contributed by atoms with Crippen molar-refractivity contribution in [1.82, 2.24) is 9.88 Å². The van der Waals surface area contributed by atoms with Crippen molar-refractivity contribution in [1.29, 1.82) is 0 Å². The second-order valence-corrected chi connectivity index (χ2v) is 6.18. The van der Waals surface area contributed by atoms with Gasteiger partial charge in [-0.3, -0.25) is 19.9 Å². The maximum absolute atomic E-state index is 12.7. The van der Waals surface area contributed by atoms with Crippen LogP contribution in [-0.2, 0) is 6.54 Å². The molecule has 130 valence electrons. The second kappa shape index (κ2) is 7.29. The van der Waals surface area contributed by atoms with Crippen molar-refractivity contribution in [2.75, 3.05) is 25.0 Å². The number of nitro benzene ring substituents is 1. The molecule has 7 nitrogen and oxygen atoms in total. The molecule has 7 heteroatoms. The first kappa shape index (κ1) is 16.9. The van der Waals surface area contributed by atoms with E-state index in [9.17, 15) is 14.9 Å². The predicted molar refractivity (Wildman–Crippen MR) is 94.6 cm³/mol. The first-order valence-corrected chi connectivity index (χ1v) is 8.24. The summed E-state index contributed by atoms with van der Waals surface area (Å²) in [4.78, 5) is 31.3. The number of anilines is 1. The lowest BCUT2D eigenvalue weighted by atomic mass is 10.1. The van der Waals surface area contributed by atoms with Crippen molar-refractivity contribution in [2.24, 2.45) is 0 Å². The maximum Gasteiger partial charge on any atom is 0.282 e. The molecule has 1 fully saturated rings. The normalized spacial score (nSPS) is 13.7. The molecular formula is C18H20N4O3. The molecule has 25 heavy (non-hydrogen) atoms. The Labute approximate surface area is 146 Å². The largest absolute Gasteiger partial charge is 0.370 e. The van der Waals surface area contributed by atoms with E-state index >= 15 is 0 Å². The minimum atomic E-state index is -0.492. The first-order chi connectivity index (χ1) is 12.1. The molecule has 1 aliphatic rings. The summed E-state index contributed by atoms with van der Waals surface area (Å²) in [7, 11) is 1.89. The van der Waals surface area contributed by atoms with Crippen LogP contribution in [0.5, 0.6) is 0 Å². The Kier molecular flexibility index (Phi) is 4.92. The van der Waals surface area contributed by atoms with Crippen LogP contribution in [-0.4, -0.2) is 40.9 Å². The minimum Gasteiger partial charge on any atom is -0.370 e. The lowest BCUT2D eigenvalue weighted by Crippen LogP contribution is -2.28. The van der Waals surface area contributed by atoms with Crippen LogP contribution in [0.3, 0.4) is 0 Å². The predicted octanol–water partition coefficient (Wildman–Crippen LogP) is 2.86. The van der Waals surface area contributed by atoms with Crippen molar-refractivity contribution < 1.29 is 9.72 Å². The fourth-order valence-electron chi connectivity index (χ4n) is 3.04. The number of nitrogens with zero attached hydrogens (tertiary/aromatic N) is 4. The quantitative estimate of drug-likeness (QED) is 0.618. The summed E-state index contributed by atoms with van der Waals surface area (Å²) in [5.74, 6) is -0.263. The lowest BCUT2D eigenvalue weighted by molar-refractivity contribution is -0.385. The van der Waals surface area contributed by atoms with Gasteiger partial charge in [0, 0.05) is 50.8 Å². The van der Waals surface area contributed by atoms with E-state index in [-0.39, 0.29) is 17.2 Å². The van der Waals surface area contributed by atoms with E-state index in [1.54, 1.807) is 29.4 Å². The van der Waals surface area contributed by atoms with Gasteiger partial charge in [-0.15, -0.1) is 0 Å². The molecule has 2 aromatic rings. The lowest BCUT2D eigenvalue weighted by Gasteiger charge is -2.21. The molecule has 0 bridgehead atoms. The molecule has 0 N–H and O–H groups in total. The maximum atomic E-state index is 12.7. The number of pyridine rings is 1. The molecule has 1 saturated heterocycles. The number of rotatable bonds is 5. The van der Waals surface area contributed by atoms with Gasteiger partial charge in [-0.2, -0.15) is 0 Å². The van der Waals surface area contributed by atoms with Gasteiger partial charge in [0.1, 0.15) is 5.56 Å². The summed E-state index contributed by atoms with van der Waals surface area (Å²) < 4.78 is 0. The number of carbonyl (C=O) groups excluding carboxylic acids is 1. The zero-order valence-corrected chi connectivity index (χ0v) is 14.1. The molecule has 1 aliphatic heterocycles. The van der Waals surface area contributed by atoms with Gasteiger partial charge in [-0.1, -0.05) is 6.07 Å². The molecule has 0 atom stereocenters. The monoisotopic (exact) mass is 340 g/mol. The highest BCUT2D eigenvalue weighted by Gasteiger charge is 2.27. The fourth-order valence-corrected chi connectivity index (χ4v) is 3.04. The highest BCUT2D eigenvalue weighted by Crippen LogP contribution is 2.27. The SMILES string of the molecule is CN(Cc1cccnc1)c1ccc([N+](=O)[O-])c(C(=O)N2CCCC2)c1. The summed E-state index contributed by atoms with van der Waals surface area (Å²) in [5, 5.41) is 11.3. The van der Waals surface area contributed by atoms with Crippen LogP contribution in [0.1, 0.15) is 28.8 Å². The summed E-state index contributed by atoms with van der Waals surface area (Å²) in [6.45, 7) is 1.92. The molecule has 2 heterocycles. The molecule has 1 aromatic heterocycles. The molecule has 3 rings (SSSR count). The Morgan fingerprint density at radius 2 is 2.08 bits per heavy atom. The number of benzene rings is 1. The first-order valence-electron chi connectivity index (χ1n) is 8.24. The molecule has 0 radical (unpaired) electrons. The Morgan fingerprint density at radius 3 is 2.72 bits per heavy atom. The zero-order chi connectivity index (χ0) is 17.8. The topological polar surface area (TPSA) is 79.6 Å². The van der Waals surface area contributed by atoms with Gasteiger partial charge in [-0.25, -0.2) is 0 Å². The number of amides is 1. The Morgan fingerprint density at radius 1 is 1.32 bits per heavy atom. The molecule has 1 aromatic carbocycles. The molecule has 0 aliphatic carbocycles. The number of hydrogen-bond acceptors (Lipinski definition) is 5. The molecular weight excluding hydrogens is 320 g/mol. The van der Waals surface area contributed by atoms with E-state index in [0.29, 0.717) is 19.6 Å². The minimum absolute atomic E-state index is 0.143. The summed E-state index contributed by atoms with van der Waals surface area (Å²) >= 11 is 0. The van der Waals surface area contributed by atoms with Gasteiger partial charge in [0.25, 0.3) is 11.6 Å². The fraction of sp³-hybridized carbons (Fsp3) is 0.333. The third-order valence-corrected chi connectivity index (χ3v) is 4.38. The average molecular weight is 340 g/mol. The van der Waals surface area contributed by atoms with E-state index in [1.807, 2.05) is 24.1 Å². The summed E-state index contributed by atoms with van der Waals surface area (Å²) in [5.41, 5.74) is 1.80. The highest BCUT2D eigenvalue weighted by atomic mass is 16.6. The van der Waals surface area contributed by atoms with Crippen LogP contribution in [0.15, 0.2) is 42.7 Å². The van der Waals surface area contributed by atoms with Crippen molar-refractivity contribution in [3.63, 3.8) is 0 Å². The highest BCUT2D eigenvalue weighted by molar-refractivity contribution is 5.99. The smallest absolute Gasteiger partial charge is 0.282 e. The van der Waals surface area contributed by atoms with Gasteiger partial charge >= 0.3 is 0 Å². The number of hydrogen-bond donors (Lipinski definition) is 0. The van der Waals surface area contributed by atoms with Crippen LogP contribution in [0.25, 0.3) is 0 Å². The van der Waals surface area contributed by atoms with Crippen LogP contribution >= 0.6 is 0 Å². The number of carbonyl (C=O) groups is 1. The van der Waals surface area contributed by atoms with Crippen LogP contribution in [0.4, 0.5) is 11.4 Å². The molecule has 1 amide bonds. The molecule has 0 saturated carbocycles. The number of aromatic nitrogens is 1. The molecule has 0 unspecified atom stereocenters. The van der Waals surface area contributed by atoms with Gasteiger partial charge in [0.2, 0.25) is 0 Å². The Balaban J connectivity index is 1.89.